The van der Waals surface area contributed by atoms with Gasteiger partial charge in [0, 0.05) is 23.4 Å². The standard InChI is InChI=1S/C27H36N2O2S/c1-18(2)20-11-8-10-14-23(20)29-25(31)17-32-26(29)21-12-7-9-13-22(21)28-24(30)15-19(3)16-27(4,5)6/h7-14,18-19,26H,15-17H2,1-6H3,(H,28,30)/t19-,26+/m0/s1. The number of amides is 2. The van der Waals surface area contributed by atoms with Crippen LogP contribution in [0.1, 0.15) is 76.8 Å². The van der Waals surface area contributed by atoms with Crippen LogP contribution in [0.3, 0.4) is 0 Å². The quantitative estimate of drug-likeness (QED) is 0.492. The minimum atomic E-state index is -0.161. The van der Waals surface area contributed by atoms with Gasteiger partial charge in [0.2, 0.25) is 11.8 Å². The Morgan fingerprint density at radius 1 is 1.09 bits per heavy atom. The van der Waals surface area contributed by atoms with Gasteiger partial charge < -0.3 is 5.32 Å². The van der Waals surface area contributed by atoms with Crippen LogP contribution in [-0.2, 0) is 9.59 Å². The van der Waals surface area contributed by atoms with Crippen LogP contribution >= 0.6 is 11.8 Å². The second-order valence-corrected chi connectivity index (χ2v) is 11.4. The van der Waals surface area contributed by atoms with Crippen molar-refractivity contribution in [2.24, 2.45) is 11.3 Å². The summed E-state index contributed by atoms with van der Waals surface area (Å²) in [4.78, 5) is 27.7. The lowest BCUT2D eigenvalue weighted by molar-refractivity contribution is -0.117. The van der Waals surface area contributed by atoms with Crippen molar-refractivity contribution in [1.82, 2.24) is 0 Å². The summed E-state index contributed by atoms with van der Waals surface area (Å²) >= 11 is 1.62. The van der Waals surface area contributed by atoms with Crippen molar-refractivity contribution < 1.29 is 9.59 Å². The Balaban J connectivity index is 1.86. The van der Waals surface area contributed by atoms with Crippen LogP contribution < -0.4 is 10.2 Å². The molecule has 0 radical (unpaired) electrons. The molecule has 1 saturated heterocycles. The zero-order chi connectivity index (χ0) is 23.5. The highest BCUT2D eigenvalue weighted by atomic mass is 32.2. The SMILES string of the molecule is CC(C)c1ccccc1N1C(=O)CS[C@@H]1c1ccccc1NC(=O)C[C@H](C)CC(C)(C)C. The normalized spacial score (nSPS) is 17.7. The fourth-order valence-corrected chi connectivity index (χ4v) is 5.78. The number of para-hydroxylation sites is 2. The molecule has 0 unspecified atom stereocenters. The molecule has 0 spiro atoms. The molecule has 32 heavy (non-hydrogen) atoms. The Morgan fingerprint density at radius 3 is 2.44 bits per heavy atom. The molecule has 1 N–H and O–H groups in total. The van der Waals surface area contributed by atoms with Crippen molar-refractivity contribution in [2.75, 3.05) is 16.0 Å². The van der Waals surface area contributed by atoms with E-state index >= 15 is 0 Å². The van der Waals surface area contributed by atoms with Crippen LogP contribution in [0.15, 0.2) is 48.5 Å². The molecule has 1 aliphatic heterocycles. The van der Waals surface area contributed by atoms with Gasteiger partial charge in [-0.15, -0.1) is 11.8 Å². The van der Waals surface area contributed by atoms with Crippen LogP contribution in [0.4, 0.5) is 11.4 Å². The number of nitrogens with one attached hydrogen (secondary N) is 1. The summed E-state index contributed by atoms with van der Waals surface area (Å²) in [5.41, 5.74) is 4.08. The van der Waals surface area contributed by atoms with Gasteiger partial charge >= 0.3 is 0 Å². The van der Waals surface area contributed by atoms with Crippen LogP contribution in [0.25, 0.3) is 0 Å². The van der Waals surface area contributed by atoms with E-state index in [0.717, 1.165) is 28.9 Å². The van der Waals surface area contributed by atoms with Gasteiger partial charge in [-0.05, 0) is 41.4 Å². The minimum Gasteiger partial charge on any atom is -0.326 e. The first-order chi connectivity index (χ1) is 15.1. The lowest BCUT2D eigenvalue weighted by Crippen LogP contribution is -2.29. The largest absolute Gasteiger partial charge is 0.326 e. The van der Waals surface area contributed by atoms with E-state index in [0.29, 0.717) is 24.0 Å². The maximum absolute atomic E-state index is 13.0. The van der Waals surface area contributed by atoms with E-state index in [1.54, 1.807) is 11.8 Å². The summed E-state index contributed by atoms with van der Waals surface area (Å²) in [5.74, 6) is 1.18. The number of carbonyl (C=O) groups is 2. The number of nitrogens with zero attached hydrogens (tertiary/aromatic N) is 1. The van der Waals surface area contributed by atoms with E-state index in [-0.39, 0.29) is 22.6 Å². The van der Waals surface area contributed by atoms with Crippen molar-refractivity contribution in [3.05, 3.63) is 59.7 Å². The molecule has 5 heteroatoms. The molecule has 0 bridgehead atoms. The molecule has 2 atom stereocenters. The topological polar surface area (TPSA) is 49.4 Å². The van der Waals surface area contributed by atoms with E-state index in [4.69, 9.17) is 0 Å². The monoisotopic (exact) mass is 452 g/mol. The van der Waals surface area contributed by atoms with Gasteiger partial charge in [-0.3, -0.25) is 14.5 Å². The van der Waals surface area contributed by atoms with Crippen LogP contribution in [0.2, 0.25) is 0 Å². The number of carbonyl (C=O) groups excluding carboxylic acids is 2. The zero-order valence-corrected chi connectivity index (χ0v) is 21.0. The van der Waals surface area contributed by atoms with Crippen molar-refractivity contribution in [3.63, 3.8) is 0 Å². The zero-order valence-electron chi connectivity index (χ0n) is 20.1. The predicted molar refractivity (Wildman–Crippen MR) is 136 cm³/mol. The highest BCUT2D eigenvalue weighted by molar-refractivity contribution is 8.00. The van der Waals surface area contributed by atoms with Crippen LogP contribution in [0.5, 0.6) is 0 Å². The molecule has 4 nitrogen and oxygen atoms in total. The summed E-state index contributed by atoms with van der Waals surface area (Å²) in [6.07, 6.45) is 1.48. The Bertz CT molecular complexity index is 964. The molecular weight excluding hydrogens is 416 g/mol. The van der Waals surface area contributed by atoms with Gasteiger partial charge in [0.05, 0.1) is 5.75 Å². The predicted octanol–water partition coefficient (Wildman–Crippen LogP) is 6.99. The van der Waals surface area contributed by atoms with E-state index in [1.165, 1.54) is 0 Å². The number of hydrogen-bond acceptors (Lipinski definition) is 3. The second-order valence-electron chi connectivity index (χ2n) is 10.4. The van der Waals surface area contributed by atoms with E-state index in [9.17, 15) is 9.59 Å². The molecule has 2 aromatic carbocycles. The van der Waals surface area contributed by atoms with Gasteiger partial charge in [-0.1, -0.05) is 77.9 Å². The highest BCUT2D eigenvalue weighted by Gasteiger charge is 2.36. The van der Waals surface area contributed by atoms with Crippen molar-refractivity contribution in [1.29, 1.82) is 0 Å². The summed E-state index contributed by atoms with van der Waals surface area (Å²) in [5, 5.41) is 2.98. The van der Waals surface area contributed by atoms with Crippen molar-refractivity contribution >= 4 is 35.0 Å². The Labute approximate surface area is 197 Å². The van der Waals surface area contributed by atoms with E-state index < -0.39 is 0 Å². The first-order valence-corrected chi connectivity index (χ1v) is 12.5. The minimum absolute atomic E-state index is 0.0256. The maximum atomic E-state index is 13.0. The number of thioether (sulfide) groups is 1. The van der Waals surface area contributed by atoms with Crippen molar-refractivity contribution in [3.8, 4) is 0 Å². The fraction of sp³-hybridized carbons (Fsp3) is 0.481. The summed E-state index contributed by atoms with van der Waals surface area (Å²) in [6, 6.07) is 16.0. The molecule has 2 aromatic rings. The lowest BCUT2D eigenvalue weighted by Gasteiger charge is -2.29. The number of benzene rings is 2. The van der Waals surface area contributed by atoms with Gasteiger partial charge in [0.1, 0.15) is 5.37 Å². The average molecular weight is 453 g/mol. The number of hydrogen-bond donors (Lipinski definition) is 1. The molecule has 0 saturated carbocycles. The Morgan fingerprint density at radius 2 is 1.75 bits per heavy atom. The van der Waals surface area contributed by atoms with Gasteiger partial charge in [0.15, 0.2) is 0 Å². The second kappa shape index (κ2) is 10.1. The van der Waals surface area contributed by atoms with E-state index in [1.807, 2.05) is 47.4 Å². The molecular formula is C27H36N2O2S. The average Bonchev–Trinajstić information content (AvgIpc) is 3.07. The number of anilines is 2. The number of rotatable bonds is 7. The summed E-state index contributed by atoms with van der Waals surface area (Å²) in [6.45, 7) is 13.0. The first kappa shape index (κ1) is 24.4. The van der Waals surface area contributed by atoms with Crippen LogP contribution in [-0.4, -0.2) is 17.6 Å². The Hall–Kier alpha value is -2.27. The highest BCUT2D eigenvalue weighted by Crippen LogP contribution is 2.46. The van der Waals surface area contributed by atoms with Crippen molar-refractivity contribution in [2.45, 2.75) is 65.7 Å². The maximum Gasteiger partial charge on any atom is 0.238 e. The molecule has 0 aliphatic carbocycles. The van der Waals surface area contributed by atoms with E-state index in [2.05, 4.69) is 52.9 Å². The third-order valence-corrected chi connectivity index (χ3v) is 6.88. The third kappa shape index (κ3) is 5.94. The molecule has 0 aromatic heterocycles. The fourth-order valence-electron chi connectivity index (χ4n) is 4.57. The lowest BCUT2D eigenvalue weighted by atomic mass is 9.84. The summed E-state index contributed by atoms with van der Waals surface area (Å²) < 4.78 is 0. The molecule has 1 aliphatic rings. The molecule has 1 heterocycles. The molecule has 3 rings (SSSR count). The third-order valence-electron chi connectivity index (χ3n) is 5.68. The molecule has 1 fully saturated rings. The first-order valence-electron chi connectivity index (χ1n) is 11.5. The molecule has 2 amide bonds. The van der Waals surface area contributed by atoms with Crippen LogP contribution in [0, 0.1) is 11.3 Å². The van der Waals surface area contributed by atoms with Gasteiger partial charge in [0.25, 0.3) is 0 Å². The molecule has 172 valence electrons. The Kier molecular flexibility index (Phi) is 7.71. The smallest absolute Gasteiger partial charge is 0.238 e. The van der Waals surface area contributed by atoms with Gasteiger partial charge in [-0.25, -0.2) is 0 Å². The summed E-state index contributed by atoms with van der Waals surface area (Å²) in [7, 11) is 0. The van der Waals surface area contributed by atoms with Gasteiger partial charge in [-0.2, -0.15) is 0 Å².